The van der Waals surface area contributed by atoms with Crippen LogP contribution < -0.4 is 5.73 Å². The van der Waals surface area contributed by atoms with Crippen molar-refractivity contribution in [2.45, 2.75) is 156 Å². The van der Waals surface area contributed by atoms with Crippen LogP contribution in [0.15, 0.2) is 47.6 Å². The smallest absolute Gasteiger partial charge is 0.168 e. The van der Waals surface area contributed by atoms with E-state index in [1.54, 1.807) is 19.9 Å². The van der Waals surface area contributed by atoms with E-state index in [1.165, 1.54) is 18.4 Å². The molecule has 0 radical (unpaired) electrons. The third-order valence-electron chi connectivity index (χ3n) is 10.9. The molecule has 0 saturated heterocycles. The van der Waals surface area contributed by atoms with E-state index in [-0.39, 0.29) is 22.9 Å². The zero-order chi connectivity index (χ0) is 32.4. The van der Waals surface area contributed by atoms with Crippen LogP contribution in [0.1, 0.15) is 138 Å². The van der Waals surface area contributed by atoms with Gasteiger partial charge < -0.3 is 15.9 Å². The summed E-state index contributed by atoms with van der Waals surface area (Å²) in [5.41, 5.74) is 8.54. The maximum absolute atomic E-state index is 13.1. The van der Waals surface area contributed by atoms with Crippen LogP contribution in [0, 0.1) is 22.7 Å². The maximum atomic E-state index is 13.1. The number of aliphatic hydroxyl groups is 2. The van der Waals surface area contributed by atoms with Gasteiger partial charge in [-0.1, -0.05) is 97.1 Å². The summed E-state index contributed by atoms with van der Waals surface area (Å²) in [5.74, 6) is 0.449. The zero-order valence-electron chi connectivity index (χ0n) is 28.5. The van der Waals surface area contributed by atoms with Gasteiger partial charge in [-0.3, -0.25) is 9.59 Å². The van der Waals surface area contributed by atoms with Crippen molar-refractivity contribution in [2.75, 3.05) is 0 Å². The molecule has 0 aromatic rings. The fraction of sp³-hybridized carbons (Fsp3) is 0.737. The van der Waals surface area contributed by atoms with Gasteiger partial charge in [0.2, 0.25) is 0 Å². The molecule has 3 rings (SSSR count). The lowest BCUT2D eigenvalue weighted by atomic mass is 9.57. The van der Waals surface area contributed by atoms with Gasteiger partial charge in [0.25, 0.3) is 0 Å². The van der Waals surface area contributed by atoms with E-state index >= 15 is 0 Å². The van der Waals surface area contributed by atoms with Crippen molar-refractivity contribution in [3.8, 4) is 0 Å². The van der Waals surface area contributed by atoms with Gasteiger partial charge in [-0.2, -0.15) is 0 Å². The van der Waals surface area contributed by atoms with E-state index in [0.717, 1.165) is 63.4 Å². The molecule has 43 heavy (non-hydrogen) atoms. The Kier molecular flexibility index (Phi) is 14.3. The molecule has 6 atom stereocenters. The van der Waals surface area contributed by atoms with Gasteiger partial charge in [0.15, 0.2) is 5.78 Å². The van der Waals surface area contributed by atoms with Crippen LogP contribution in [0.4, 0.5) is 0 Å². The number of unbranched alkanes of at least 4 members (excludes halogenated alkanes) is 4. The van der Waals surface area contributed by atoms with E-state index in [1.807, 2.05) is 6.08 Å². The number of hydrogen-bond donors (Lipinski definition) is 3. The number of rotatable bonds is 12. The van der Waals surface area contributed by atoms with Crippen LogP contribution in [-0.4, -0.2) is 39.5 Å². The van der Waals surface area contributed by atoms with Crippen molar-refractivity contribution in [2.24, 2.45) is 28.4 Å². The topological polar surface area (TPSA) is 101 Å². The molecule has 0 aromatic heterocycles. The summed E-state index contributed by atoms with van der Waals surface area (Å²) in [6, 6.07) is 0. The Labute approximate surface area is 263 Å². The van der Waals surface area contributed by atoms with E-state index in [0.29, 0.717) is 30.8 Å². The van der Waals surface area contributed by atoms with Gasteiger partial charge in [-0.25, -0.2) is 0 Å². The van der Waals surface area contributed by atoms with Crippen LogP contribution in [0.2, 0.25) is 0 Å². The minimum absolute atomic E-state index is 0.0354. The fourth-order valence-electron chi connectivity index (χ4n) is 7.36. The van der Waals surface area contributed by atoms with Crippen LogP contribution in [0.5, 0.6) is 0 Å². The maximum Gasteiger partial charge on any atom is 0.168 e. The highest BCUT2D eigenvalue weighted by Gasteiger charge is 2.58. The molecule has 244 valence electrons. The summed E-state index contributed by atoms with van der Waals surface area (Å²) in [5, 5.41) is 20.5. The highest BCUT2D eigenvalue weighted by Crippen LogP contribution is 2.60. The Morgan fingerprint density at radius 3 is 2.23 bits per heavy atom. The lowest BCUT2D eigenvalue weighted by Crippen LogP contribution is -2.56. The molecule has 0 spiro atoms. The summed E-state index contributed by atoms with van der Waals surface area (Å²) in [7, 11) is 0. The molecule has 5 heteroatoms. The number of nitrogens with two attached hydrogens (primary N) is 1. The first kappa shape index (κ1) is 37.4. The molecule has 3 aliphatic rings. The predicted octanol–water partition coefficient (Wildman–Crippen LogP) is 8.34. The van der Waals surface area contributed by atoms with Crippen LogP contribution in [0.3, 0.4) is 0 Å². The van der Waals surface area contributed by atoms with Crippen LogP contribution in [0.25, 0.3) is 0 Å². The summed E-state index contributed by atoms with van der Waals surface area (Å²) in [6.45, 7) is 18.4. The Morgan fingerprint density at radius 2 is 1.65 bits per heavy atom. The molecule has 0 aromatic carbocycles. The van der Waals surface area contributed by atoms with Gasteiger partial charge in [-0.05, 0) is 99.7 Å². The van der Waals surface area contributed by atoms with E-state index in [9.17, 15) is 19.8 Å². The summed E-state index contributed by atoms with van der Waals surface area (Å²) < 4.78 is 0. The molecule has 0 aliphatic heterocycles. The normalized spacial score (nSPS) is 32.0. The van der Waals surface area contributed by atoms with E-state index in [2.05, 4.69) is 53.3 Å². The average molecular weight is 598 g/mol. The molecule has 3 saturated carbocycles. The van der Waals surface area contributed by atoms with Crippen molar-refractivity contribution in [3.63, 3.8) is 0 Å². The lowest BCUT2D eigenvalue weighted by Gasteiger charge is -2.50. The predicted molar refractivity (Wildman–Crippen MR) is 180 cm³/mol. The van der Waals surface area contributed by atoms with Crippen molar-refractivity contribution >= 4 is 11.6 Å². The number of carbonyl (C=O) groups is 2. The molecule has 5 nitrogen and oxygen atoms in total. The SMILES string of the molecule is C=C1C(O)CC(=C/C=C2\CCCC3(C)C([C@H](C)/C=C/C(=O)C(C)(C)C(=O)CCCCCC)CC[C@@]23N)C[C@H]1O.CCCC. The minimum atomic E-state index is -0.986. The standard InChI is InChI=1S/C34H53NO4.C4H10/c1-7-8-9-10-13-30(38)32(4,5)31(39)17-14-23(2)27-18-20-34(35)26(12-11-19-33(27,34)6)16-15-25-21-28(36)24(3)29(37)22-25;1-3-4-2/h14-17,23,27-29,36-37H,3,7-13,18-22,35H2,1-2,4-6H3;3-4H2,1-2H3/b17-14+,25-15?,26-16+;/t23-,27?,28-,29?,33?,34-;/m1./s1. The molecular weight excluding hydrogens is 534 g/mol. The van der Waals surface area contributed by atoms with Gasteiger partial charge >= 0.3 is 0 Å². The highest BCUT2D eigenvalue weighted by molar-refractivity contribution is 6.10. The number of aliphatic hydroxyl groups excluding tert-OH is 2. The van der Waals surface area contributed by atoms with Crippen LogP contribution in [-0.2, 0) is 9.59 Å². The lowest BCUT2D eigenvalue weighted by molar-refractivity contribution is -0.136. The highest BCUT2D eigenvalue weighted by atomic mass is 16.3. The molecular formula is C38H63NO4. The van der Waals surface area contributed by atoms with E-state index in [4.69, 9.17) is 5.73 Å². The monoisotopic (exact) mass is 597 g/mol. The van der Waals surface area contributed by atoms with Gasteiger partial charge in [0, 0.05) is 12.0 Å². The molecule has 0 heterocycles. The third-order valence-corrected chi connectivity index (χ3v) is 10.9. The Morgan fingerprint density at radius 1 is 1.02 bits per heavy atom. The van der Waals surface area contributed by atoms with Gasteiger partial charge in [-0.15, -0.1) is 0 Å². The molecule has 0 amide bonds. The first-order valence-corrected chi connectivity index (χ1v) is 17.2. The van der Waals surface area contributed by atoms with Crippen molar-refractivity contribution < 1.29 is 19.8 Å². The number of Topliss-reactive ketones (excluding diaryl/α,β-unsaturated/α-hetero) is 1. The molecule has 0 bridgehead atoms. The summed E-state index contributed by atoms with van der Waals surface area (Å²) in [4.78, 5) is 25.9. The first-order valence-electron chi connectivity index (χ1n) is 17.2. The number of hydrogen-bond acceptors (Lipinski definition) is 5. The number of ketones is 2. The fourth-order valence-corrected chi connectivity index (χ4v) is 7.36. The van der Waals surface area contributed by atoms with Crippen LogP contribution >= 0.6 is 0 Å². The second-order valence-corrected chi connectivity index (χ2v) is 14.4. The Balaban J connectivity index is 0.00000151. The Bertz CT molecular complexity index is 1030. The van der Waals surface area contributed by atoms with Gasteiger partial charge in [0.1, 0.15) is 5.78 Å². The average Bonchev–Trinajstić information content (AvgIpc) is 3.26. The third kappa shape index (κ3) is 8.89. The first-order chi connectivity index (χ1) is 20.2. The number of carbonyl (C=O) groups excluding carboxylic acids is 2. The molecule has 3 unspecified atom stereocenters. The summed E-state index contributed by atoms with van der Waals surface area (Å²) in [6.07, 6.45) is 19.7. The zero-order valence-corrected chi connectivity index (χ0v) is 28.5. The van der Waals surface area contributed by atoms with Crippen molar-refractivity contribution in [1.82, 2.24) is 0 Å². The molecule has 3 fully saturated rings. The molecule has 3 aliphatic carbocycles. The largest absolute Gasteiger partial charge is 0.388 e. The second kappa shape index (κ2) is 16.5. The number of fused-ring (bicyclic) bond motifs is 1. The molecule has 4 N–H and O–H groups in total. The van der Waals surface area contributed by atoms with Crippen molar-refractivity contribution in [1.29, 1.82) is 0 Å². The van der Waals surface area contributed by atoms with Gasteiger partial charge in [0.05, 0.1) is 17.6 Å². The van der Waals surface area contributed by atoms with E-state index < -0.39 is 23.2 Å². The quantitative estimate of drug-likeness (QED) is 0.0908. The number of allylic oxidation sites excluding steroid dienone is 4. The second-order valence-electron chi connectivity index (χ2n) is 14.4. The van der Waals surface area contributed by atoms with Crippen molar-refractivity contribution in [3.05, 3.63) is 47.6 Å². The minimum Gasteiger partial charge on any atom is -0.388 e. The summed E-state index contributed by atoms with van der Waals surface area (Å²) >= 11 is 0. The Hall–Kier alpha value is -1.82.